The van der Waals surface area contributed by atoms with Crippen molar-refractivity contribution in [2.24, 2.45) is 0 Å². The van der Waals surface area contributed by atoms with Gasteiger partial charge >= 0.3 is 0 Å². The molecule has 0 radical (unpaired) electrons. The van der Waals surface area contributed by atoms with Crippen molar-refractivity contribution in [1.82, 2.24) is 5.32 Å². The number of nitrogens with two attached hydrogens (primary N) is 1. The van der Waals surface area contributed by atoms with Crippen LogP contribution in [0.1, 0.15) is 18.4 Å². The molecular weight excluding hydrogens is 207 g/mol. The average Bonchev–Trinajstić information content (AvgIpc) is 2.74. The van der Waals surface area contributed by atoms with E-state index in [2.05, 4.69) is 5.32 Å². The van der Waals surface area contributed by atoms with Crippen molar-refractivity contribution in [3.05, 3.63) is 29.6 Å². The van der Waals surface area contributed by atoms with Crippen molar-refractivity contribution in [1.29, 1.82) is 0 Å². The van der Waals surface area contributed by atoms with E-state index in [9.17, 15) is 4.39 Å². The Bertz CT molecular complexity index is 351. The van der Waals surface area contributed by atoms with Gasteiger partial charge in [0.05, 0.1) is 6.10 Å². The summed E-state index contributed by atoms with van der Waals surface area (Å²) >= 11 is 0. The molecular formula is C12H17FN2O. The van der Waals surface area contributed by atoms with Crippen molar-refractivity contribution < 1.29 is 9.13 Å². The van der Waals surface area contributed by atoms with Gasteiger partial charge in [-0.3, -0.25) is 0 Å². The maximum Gasteiger partial charge on any atom is 0.129 e. The van der Waals surface area contributed by atoms with Gasteiger partial charge in [-0.15, -0.1) is 0 Å². The Labute approximate surface area is 94.8 Å². The van der Waals surface area contributed by atoms with Crippen molar-refractivity contribution in [3.63, 3.8) is 0 Å². The van der Waals surface area contributed by atoms with E-state index in [0.29, 0.717) is 17.8 Å². The number of benzene rings is 1. The van der Waals surface area contributed by atoms with Crippen LogP contribution in [0.4, 0.5) is 10.1 Å². The van der Waals surface area contributed by atoms with Crippen LogP contribution in [-0.2, 0) is 11.3 Å². The first-order valence-corrected chi connectivity index (χ1v) is 5.62. The zero-order valence-corrected chi connectivity index (χ0v) is 9.21. The van der Waals surface area contributed by atoms with Gasteiger partial charge < -0.3 is 15.8 Å². The molecule has 1 aliphatic rings. The number of hydrogen-bond donors (Lipinski definition) is 2. The molecule has 1 heterocycles. The molecule has 1 aromatic rings. The molecule has 1 atom stereocenters. The highest BCUT2D eigenvalue weighted by atomic mass is 19.1. The van der Waals surface area contributed by atoms with Gasteiger partial charge in [0.1, 0.15) is 5.82 Å². The minimum Gasteiger partial charge on any atom is -0.399 e. The number of nitrogens with one attached hydrogen (secondary N) is 1. The summed E-state index contributed by atoms with van der Waals surface area (Å²) in [6.45, 7) is 2.15. The Balaban J connectivity index is 1.80. The number of halogens is 1. The molecule has 1 aliphatic heterocycles. The lowest BCUT2D eigenvalue weighted by molar-refractivity contribution is 0.110. The van der Waals surface area contributed by atoms with Crippen LogP contribution in [0.3, 0.4) is 0 Å². The van der Waals surface area contributed by atoms with Gasteiger partial charge in [0, 0.05) is 30.9 Å². The summed E-state index contributed by atoms with van der Waals surface area (Å²) in [5.74, 6) is -0.250. The quantitative estimate of drug-likeness (QED) is 0.765. The molecule has 3 nitrogen and oxygen atoms in total. The number of rotatable bonds is 4. The smallest absolute Gasteiger partial charge is 0.129 e. The molecule has 3 N–H and O–H groups in total. The van der Waals surface area contributed by atoms with Gasteiger partial charge in [-0.2, -0.15) is 0 Å². The number of ether oxygens (including phenoxy) is 1. The highest BCUT2D eigenvalue weighted by molar-refractivity contribution is 5.40. The summed E-state index contributed by atoms with van der Waals surface area (Å²) in [6, 6.07) is 4.78. The predicted molar refractivity (Wildman–Crippen MR) is 61.5 cm³/mol. The number of anilines is 1. The first-order valence-electron chi connectivity index (χ1n) is 5.62. The minimum atomic E-state index is -0.250. The molecule has 0 saturated carbocycles. The van der Waals surface area contributed by atoms with Crippen LogP contribution in [0.2, 0.25) is 0 Å². The van der Waals surface area contributed by atoms with Crippen molar-refractivity contribution in [3.8, 4) is 0 Å². The van der Waals surface area contributed by atoms with E-state index < -0.39 is 0 Å². The molecule has 0 aromatic heterocycles. The molecule has 16 heavy (non-hydrogen) atoms. The Morgan fingerprint density at radius 3 is 3.06 bits per heavy atom. The Kier molecular flexibility index (Phi) is 3.74. The summed E-state index contributed by atoms with van der Waals surface area (Å²) in [5.41, 5.74) is 6.58. The van der Waals surface area contributed by atoms with Gasteiger partial charge in [0.2, 0.25) is 0 Å². The van der Waals surface area contributed by atoms with E-state index >= 15 is 0 Å². The van der Waals surface area contributed by atoms with Crippen molar-refractivity contribution in [2.75, 3.05) is 18.9 Å². The topological polar surface area (TPSA) is 47.3 Å². The lowest BCUT2D eigenvalue weighted by atomic mass is 10.2. The molecule has 4 heteroatoms. The van der Waals surface area contributed by atoms with E-state index in [1.165, 1.54) is 6.07 Å². The first-order chi connectivity index (χ1) is 7.75. The van der Waals surface area contributed by atoms with Crippen molar-refractivity contribution >= 4 is 5.69 Å². The Morgan fingerprint density at radius 2 is 2.38 bits per heavy atom. The average molecular weight is 224 g/mol. The molecule has 1 aromatic carbocycles. The van der Waals surface area contributed by atoms with Gasteiger partial charge in [0.15, 0.2) is 0 Å². The first kappa shape index (κ1) is 11.4. The fourth-order valence-electron chi connectivity index (χ4n) is 1.88. The lowest BCUT2D eigenvalue weighted by Gasteiger charge is -2.11. The summed E-state index contributed by atoms with van der Waals surface area (Å²) in [6.07, 6.45) is 2.51. The molecule has 1 unspecified atom stereocenters. The van der Waals surface area contributed by atoms with Gasteiger partial charge in [-0.05, 0) is 25.0 Å². The highest BCUT2D eigenvalue weighted by Crippen LogP contribution is 2.13. The Morgan fingerprint density at radius 1 is 1.50 bits per heavy atom. The number of hydrogen-bond acceptors (Lipinski definition) is 3. The third kappa shape index (κ3) is 2.93. The molecule has 2 rings (SSSR count). The fourth-order valence-corrected chi connectivity index (χ4v) is 1.88. The van der Waals surface area contributed by atoms with Crippen LogP contribution in [-0.4, -0.2) is 19.3 Å². The van der Waals surface area contributed by atoms with Crippen LogP contribution in [0, 0.1) is 5.82 Å². The summed E-state index contributed by atoms with van der Waals surface area (Å²) < 4.78 is 18.9. The molecule has 0 aliphatic carbocycles. The second-order valence-corrected chi connectivity index (χ2v) is 4.12. The minimum absolute atomic E-state index is 0.250. The zero-order chi connectivity index (χ0) is 11.4. The lowest BCUT2D eigenvalue weighted by Crippen LogP contribution is -2.26. The van der Waals surface area contributed by atoms with Gasteiger partial charge in [-0.1, -0.05) is 6.07 Å². The molecule has 0 spiro atoms. The third-order valence-corrected chi connectivity index (χ3v) is 2.79. The molecule has 0 bridgehead atoms. The van der Waals surface area contributed by atoms with Crippen LogP contribution in [0.15, 0.2) is 18.2 Å². The summed E-state index contributed by atoms with van der Waals surface area (Å²) in [7, 11) is 0. The summed E-state index contributed by atoms with van der Waals surface area (Å²) in [5, 5.41) is 3.20. The molecule has 88 valence electrons. The third-order valence-electron chi connectivity index (χ3n) is 2.79. The highest BCUT2D eigenvalue weighted by Gasteiger charge is 2.14. The van der Waals surface area contributed by atoms with E-state index in [1.54, 1.807) is 12.1 Å². The Hall–Kier alpha value is -1.13. The monoisotopic (exact) mass is 224 g/mol. The van der Waals surface area contributed by atoms with E-state index in [-0.39, 0.29) is 11.9 Å². The van der Waals surface area contributed by atoms with E-state index in [1.807, 2.05) is 0 Å². The van der Waals surface area contributed by atoms with Crippen LogP contribution in [0.25, 0.3) is 0 Å². The predicted octanol–water partition coefficient (Wildman–Crippen LogP) is 1.68. The van der Waals surface area contributed by atoms with E-state index in [0.717, 1.165) is 26.0 Å². The molecule has 1 fully saturated rings. The molecule has 0 amide bonds. The maximum atomic E-state index is 13.4. The molecule has 1 saturated heterocycles. The zero-order valence-electron chi connectivity index (χ0n) is 9.21. The summed E-state index contributed by atoms with van der Waals surface area (Å²) in [4.78, 5) is 0. The second kappa shape index (κ2) is 5.27. The standard InChI is InChI=1S/C12H17FN2O/c13-12-6-10(14)4-3-9(12)7-15-8-11-2-1-5-16-11/h3-4,6,11,15H,1-2,5,7-8,14H2. The van der Waals surface area contributed by atoms with E-state index in [4.69, 9.17) is 10.5 Å². The van der Waals surface area contributed by atoms with Gasteiger partial charge in [-0.25, -0.2) is 4.39 Å². The second-order valence-electron chi connectivity index (χ2n) is 4.12. The number of nitrogen functional groups attached to an aromatic ring is 1. The fraction of sp³-hybridized carbons (Fsp3) is 0.500. The SMILES string of the molecule is Nc1ccc(CNCC2CCCO2)c(F)c1. The van der Waals surface area contributed by atoms with Crippen molar-refractivity contribution in [2.45, 2.75) is 25.5 Å². The normalized spacial score (nSPS) is 20.2. The van der Waals surface area contributed by atoms with Crippen LogP contribution < -0.4 is 11.1 Å². The van der Waals surface area contributed by atoms with Crippen LogP contribution in [0.5, 0.6) is 0 Å². The van der Waals surface area contributed by atoms with Crippen LogP contribution >= 0.6 is 0 Å². The largest absolute Gasteiger partial charge is 0.399 e. The maximum absolute atomic E-state index is 13.4. The van der Waals surface area contributed by atoms with Gasteiger partial charge in [0.25, 0.3) is 0 Å².